The molecule has 0 aliphatic heterocycles. The lowest BCUT2D eigenvalue weighted by Crippen LogP contribution is -2.31. The Morgan fingerprint density at radius 2 is 2.08 bits per heavy atom. The van der Waals surface area contributed by atoms with Crippen LogP contribution in [0.5, 0.6) is 0 Å². The largest absolute Gasteiger partial charge is 0.467 e. The number of aromatic nitrogens is 2. The summed E-state index contributed by atoms with van der Waals surface area (Å²) in [6.07, 6.45) is 1.64. The van der Waals surface area contributed by atoms with E-state index in [-0.39, 0.29) is 11.9 Å². The standard InChI is InChI=1S/C20H19N3O2S/c1-13-10-14(2)23(22-13)16(17-7-5-9-25-17)12-21-20(24)19-11-15-6-3-4-8-18(15)26-19/h3-11,16H,12H2,1-2H3,(H,21,24)/t16-/m0/s1. The van der Waals surface area contributed by atoms with Crippen LogP contribution in [0, 0.1) is 13.8 Å². The summed E-state index contributed by atoms with van der Waals surface area (Å²) >= 11 is 1.50. The van der Waals surface area contributed by atoms with E-state index >= 15 is 0 Å². The number of nitrogens with zero attached hydrogens (tertiary/aromatic N) is 2. The number of carbonyl (C=O) groups excluding carboxylic acids is 1. The molecule has 4 rings (SSSR count). The molecule has 1 amide bonds. The topological polar surface area (TPSA) is 60.1 Å². The van der Waals surface area contributed by atoms with Gasteiger partial charge in [0.1, 0.15) is 11.8 Å². The Morgan fingerprint density at radius 3 is 2.77 bits per heavy atom. The Morgan fingerprint density at radius 1 is 1.23 bits per heavy atom. The van der Waals surface area contributed by atoms with Crippen LogP contribution in [0.3, 0.4) is 0 Å². The molecule has 1 aromatic carbocycles. The Labute approximate surface area is 155 Å². The van der Waals surface area contributed by atoms with Crippen LogP contribution in [0.15, 0.2) is 59.2 Å². The normalized spacial score (nSPS) is 12.4. The van der Waals surface area contributed by atoms with E-state index in [0.717, 1.165) is 27.2 Å². The van der Waals surface area contributed by atoms with Gasteiger partial charge in [0.25, 0.3) is 5.91 Å². The lowest BCUT2D eigenvalue weighted by atomic mass is 10.2. The number of nitrogens with one attached hydrogen (secondary N) is 1. The predicted octanol–water partition coefficient (Wildman–Crippen LogP) is 4.33. The van der Waals surface area contributed by atoms with Crippen LogP contribution >= 0.6 is 11.3 Å². The Kier molecular flexibility index (Phi) is 4.34. The number of amides is 1. The number of aryl methyl sites for hydroxylation is 2. The maximum atomic E-state index is 12.6. The minimum Gasteiger partial charge on any atom is -0.467 e. The lowest BCUT2D eigenvalue weighted by molar-refractivity contribution is 0.0952. The summed E-state index contributed by atoms with van der Waals surface area (Å²) < 4.78 is 8.60. The summed E-state index contributed by atoms with van der Waals surface area (Å²) in [5.74, 6) is 0.692. The quantitative estimate of drug-likeness (QED) is 0.573. The van der Waals surface area contributed by atoms with Crippen LogP contribution in [-0.2, 0) is 0 Å². The molecule has 0 radical (unpaired) electrons. The first-order valence-corrected chi connectivity index (χ1v) is 9.26. The van der Waals surface area contributed by atoms with E-state index in [4.69, 9.17) is 4.42 Å². The number of rotatable bonds is 5. The molecular formula is C20H19N3O2S. The summed E-state index contributed by atoms with van der Waals surface area (Å²) in [7, 11) is 0. The molecule has 0 saturated carbocycles. The Hall–Kier alpha value is -2.86. The maximum absolute atomic E-state index is 12.6. The smallest absolute Gasteiger partial charge is 0.261 e. The predicted molar refractivity (Wildman–Crippen MR) is 103 cm³/mol. The summed E-state index contributed by atoms with van der Waals surface area (Å²) in [4.78, 5) is 13.4. The molecule has 26 heavy (non-hydrogen) atoms. The fourth-order valence-electron chi connectivity index (χ4n) is 3.12. The van der Waals surface area contributed by atoms with Crippen molar-refractivity contribution in [1.29, 1.82) is 0 Å². The molecular weight excluding hydrogens is 346 g/mol. The second kappa shape index (κ2) is 6.80. The van der Waals surface area contributed by atoms with E-state index in [0.29, 0.717) is 11.4 Å². The van der Waals surface area contributed by atoms with Crippen molar-refractivity contribution >= 4 is 27.3 Å². The van der Waals surface area contributed by atoms with Gasteiger partial charge in [-0.05, 0) is 49.6 Å². The SMILES string of the molecule is Cc1cc(C)n([C@@H](CNC(=O)c2cc3ccccc3s2)c2ccco2)n1. The van der Waals surface area contributed by atoms with Gasteiger partial charge in [0.15, 0.2) is 0 Å². The monoisotopic (exact) mass is 365 g/mol. The summed E-state index contributed by atoms with van der Waals surface area (Å²) in [5, 5.41) is 8.68. The highest BCUT2D eigenvalue weighted by atomic mass is 32.1. The van der Waals surface area contributed by atoms with Gasteiger partial charge in [0.2, 0.25) is 0 Å². The Balaban J connectivity index is 1.56. The van der Waals surface area contributed by atoms with Crippen LogP contribution in [0.4, 0.5) is 0 Å². The molecule has 0 spiro atoms. The summed E-state index contributed by atoms with van der Waals surface area (Å²) in [5.41, 5.74) is 1.97. The third kappa shape index (κ3) is 3.15. The van der Waals surface area contributed by atoms with Crippen molar-refractivity contribution in [2.45, 2.75) is 19.9 Å². The zero-order valence-electron chi connectivity index (χ0n) is 14.6. The van der Waals surface area contributed by atoms with Crippen molar-refractivity contribution in [2.75, 3.05) is 6.54 Å². The van der Waals surface area contributed by atoms with E-state index in [9.17, 15) is 4.79 Å². The number of hydrogen-bond acceptors (Lipinski definition) is 4. The summed E-state index contributed by atoms with van der Waals surface area (Å²) in [6, 6.07) is 15.5. The molecule has 3 heterocycles. The van der Waals surface area contributed by atoms with E-state index < -0.39 is 0 Å². The van der Waals surface area contributed by atoms with Crippen molar-refractivity contribution in [1.82, 2.24) is 15.1 Å². The molecule has 0 unspecified atom stereocenters. The first-order valence-electron chi connectivity index (χ1n) is 8.45. The van der Waals surface area contributed by atoms with Crippen LogP contribution in [-0.4, -0.2) is 22.2 Å². The van der Waals surface area contributed by atoms with Gasteiger partial charge in [-0.2, -0.15) is 5.10 Å². The lowest BCUT2D eigenvalue weighted by Gasteiger charge is -2.17. The zero-order valence-corrected chi connectivity index (χ0v) is 15.4. The van der Waals surface area contributed by atoms with Gasteiger partial charge >= 0.3 is 0 Å². The van der Waals surface area contributed by atoms with Crippen molar-refractivity contribution in [3.05, 3.63) is 76.8 Å². The van der Waals surface area contributed by atoms with Crippen molar-refractivity contribution < 1.29 is 9.21 Å². The van der Waals surface area contributed by atoms with E-state index in [1.807, 2.05) is 67.1 Å². The van der Waals surface area contributed by atoms with Crippen LogP contribution in [0.2, 0.25) is 0 Å². The van der Waals surface area contributed by atoms with Crippen molar-refractivity contribution in [3.8, 4) is 0 Å². The molecule has 1 atom stereocenters. The fourth-order valence-corrected chi connectivity index (χ4v) is 4.10. The van der Waals surface area contributed by atoms with Crippen LogP contribution in [0.1, 0.15) is 32.9 Å². The van der Waals surface area contributed by atoms with Crippen LogP contribution in [0.25, 0.3) is 10.1 Å². The molecule has 0 saturated heterocycles. The highest BCUT2D eigenvalue weighted by Crippen LogP contribution is 2.25. The van der Waals surface area contributed by atoms with Gasteiger partial charge in [-0.15, -0.1) is 11.3 Å². The number of fused-ring (bicyclic) bond motifs is 1. The fraction of sp³-hybridized carbons (Fsp3) is 0.200. The molecule has 3 aromatic heterocycles. The second-order valence-corrected chi connectivity index (χ2v) is 7.35. The number of benzene rings is 1. The number of furan rings is 1. The van der Waals surface area contributed by atoms with Crippen molar-refractivity contribution in [2.24, 2.45) is 0 Å². The highest BCUT2D eigenvalue weighted by Gasteiger charge is 2.21. The molecule has 0 aliphatic rings. The molecule has 5 nitrogen and oxygen atoms in total. The molecule has 1 N–H and O–H groups in total. The van der Waals surface area contributed by atoms with Gasteiger partial charge < -0.3 is 9.73 Å². The summed E-state index contributed by atoms with van der Waals surface area (Å²) in [6.45, 7) is 4.37. The van der Waals surface area contributed by atoms with E-state index in [2.05, 4.69) is 10.4 Å². The Bertz CT molecular complexity index is 1010. The second-order valence-electron chi connectivity index (χ2n) is 6.26. The molecule has 0 fully saturated rings. The third-order valence-electron chi connectivity index (χ3n) is 4.32. The first kappa shape index (κ1) is 16.6. The minimum absolute atomic E-state index is 0.0794. The number of thiophene rings is 1. The zero-order chi connectivity index (χ0) is 18.1. The molecule has 6 heteroatoms. The highest BCUT2D eigenvalue weighted by molar-refractivity contribution is 7.20. The molecule has 4 aromatic rings. The molecule has 0 bridgehead atoms. The van der Waals surface area contributed by atoms with Gasteiger partial charge in [0.05, 0.1) is 16.8 Å². The number of hydrogen-bond donors (Lipinski definition) is 1. The molecule has 132 valence electrons. The number of carbonyl (C=O) groups is 1. The van der Waals surface area contributed by atoms with Crippen molar-refractivity contribution in [3.63, 3.8) is 0 Å². The third-order valence-corrected chi connectivity index (χ3v) is 5.43. The van der Waals surface area contributed by atoms with Gasteiger partial charge in [0, 0.05) is 16.9 Å². The van der Waals surface area contributed by atoms with E-state index in [1.165, 1.54) is 11.3 Å². The van der Waals surface area contributed by atoms with Gasteiger partial charge in [-0.25, -0.2) is 0 Å². The van der Waals surface area contributed by atoms with E-state index in [1.54, 1.807) is 6.26 Å². The first-order chi connectivity index (χ1) is 12.6. The van der Waals surface area contributed by atoms with Gasteiger partial charge in [-0.3, -0.25) is 9.48 Å². The average Bonchev–Trinajstić information content (AvgIpc) is 3.35. The minimum atomic E-state index is -0.183. The maximum Gasteiger partial charge on any atom is 0.261 e. The van der Waals surface area contributed by atoms with Crippen LogP contribution < -0.4 is 5.32 Å². The molecule has 0 aliphatic carbocycles. The van der Waals surface area contributed by atoms with Gasteiger partial charge in [-0.1, -0.05) is 18.2 Å². The average molecular weight is 365 g/mol.